The van der Waals surface area contributed by atoms with Crippen LogP contribution in [0.15, 0.2) is 42.5 Å². The Bertz CT molecular complexity index is 893. The van der Waals surface area contributed by atoms with E-state index in [4.69, 9.17) is 4.74 Å². The molecule has 0 amide bonds. The molecule has 0 aliphatic rings. The Morgan fingerprint density at radius 2 is 1.88 bits per heavy atom. The standard InChI is InChI=1S/C19H19N3O2/c1-22(2)14-10-7-13(8-11-14)9-12-17-20-16-6-4-5-15(18(16)21-17)19(23)24-3/h4-12H,1-3H3,(H,20,21). The van der Waals surface area contributed by atoms with Crippen molar-refractivity contribution in [3.63, 3.8) is 0 Å². The quantitative estimate of drug-likeness (QED) is 0.746. The lowest BCUT2D eigenvalue weighted by molar-refractivity contribution is 0.0603. The number of para-hydroxylation sites is 1. The van der Waals surface area contributed by atoms with Crippen molar-refractivity contribution < 1.29 is 9.53 Å². The number of hydrogen-bond donors (Lipinski definition) is 1. The maximum Gasteiger partial charge on any atom is 0.340 e. The van der Waals surface area contributed by atoms with Gasteiger partial charge in [0.15, 0.2) is 0 Å². The van der Waals surface area contributed by atoms with Gasteiger partial charge in [0.05, 0.1) is 18.2 Å². The van der Waals surface area contributed by atoms with Gasteiger partial charge >= 0.3 is 5.97 Å². The zero-order valence-corrected chi connectivity index (χ0v) is 13.9. The Hall–Kier alpha value is -3.08. The lowest BCUT2D eigenvalue weighted by atomic mass is 10.2. The number of nitrogens with one attached hydrogen (secondary N) is 1. The van der Waals surface area contributed by atoms with E-state index in [1.165, 1.54) is 7.11 Å². The van der Waals surface area contributed by atoms with Crippen LogP contribution >= 0.6 is 0 Å². The first-order chi connectivity index (χ1) is 11.6. The van der Waals surface area contributed by atoms with Gasteiger partial charge in [-0.3, -0.25) is 0 Å². The molecule has 0 radical (unpaired) electrons. The molecule has 0 aliphatic carbocycles. The van der Waals surface area contributed by atoms with Crippen LogP contribution in [0.25, 0.3) is 23.2 Å². The van der Waals surface area contributed by atoms with E-state index in [2.05, 4.69) is 27.0 Å². The minimum atomic E-state index is -0.387. The molecule has 5 nitrogen and oxygen atoms in total. The van der Waals surface area contributed by atoms with Gasteiger partial charge in [-0.2, -0.15) is 0 Å². The fraction of sp³-hybridized carbons (Fsp3) is 0.158. The van der Waals surface area contributed by atoms with E-state index in [1.807, 2.05) is 44.4 Å². The van der Waals surface area contributed by atoms with Gasteiger partial charge in [0, 0.05) is 19.8 Å². The maximum atomic E-state index is 11.8. The highest BCUT2D eigenvalue weighted by molar-refractivity contribution is 6.02. The monoisotopic (exact) mass is 321 g/mol. The van der Waals surface area contributed by atoms with Crippen molar-refractivity contribution in [2.24, 2.45) is 0 Å². The number of methoxy groups -OCH3 is 1. The Balaban J connectivity index is 1.88. The molecule has 2 aromatic carbocycles. The SMILES string of the molecule is COC(=O)c1cccc2[nH]c(C=Cc3ccc(N(C)C)cc3)nc12. The van der Waals surface area contributed by atoms with E-state index >= 15 is 0 Å². The normalized spacial score (nSPS) is 11.1. The van der Waals surface area contributed by atoms with E-state index in [-0.39, 0.29) is 5.97 Å². The molecule has 1 N–H and O–H groups in total. The van der Waals surface area contributed by atoms with Gasteiger partial charge in [-0.05, 0) is 35.9 Å². The first-order valence-electron chi connectivity index (χ1n) is 7.61. The summed E-state index contributed by atoms with van der Waals surface area (Å²) in [6.45, 7) is 0. The fourth-order valence-electron chi connectivity index (χ4n) is 2.46. The Labute approximate surface area is 140 Å². The van der Waals surface area contributed by atoms with Crippen LogP contribution < -0.4 is 4.90 Å². The highest BCUT2D eigenvalue weighted by Gasteiger charge is 2.12. The van der Waals surface area contributed by atoms with Crippen LogP contribution in [-0.2, 0) is 4.74 Å². The first kappa shape index (κ1) is 15.8. The summed E-state index contributed by atoms with van der Waals surface area (Å²) in [6.07, 6.45) is 3.88. The molecule has 122 valence electrons. The summed E-state index contributed by atoms with van der Waals surface area (Å²) in [4.78, 5) is 21.6. The third-order valence-electron chi connectivity index (χ3n) is 3.78. The predicted octanol–water partition coefficient (Wildman–Crippen LogP) is 3.59. The van der Waals surface area contributed by atoms with Crippen LogP contribution in [0.5, 0.6) is 0 Å². The predicted molar refractivity (Wildman–Crippen MR) is 97.1 cm³/mol. The van der Waals surface area contributed by atoms with Gasteiger partial charge in [-0.25, -0.2) is 9.78 Å². The molecule has 0 atom stereocenters. The number of H-pyrrole nitrogens is 1. The molecule has 1 aromatic heterocycles. The minimum Gasteiger partial charge on any atom is -0.465 e. The zero-order valence-electron chi connectivity index (χ0n) is 13.9. The summed E-state index contributed by atoms with van der Waals surface area (Å²) in [5, 5.41) is 0. The third kappa shape index (κ3) is 3.15. The van der Waals surface area contributed by atoms with Gasteiger partial charge in [-0.1, -0.05) is 24.3 Å². The summed E-state index contributed by atoms with van der Waals surface area (Å²) >= 11 is 0. The number of carbonyl (C=O) groups is 1. The smallest absolute Gasteiger partial charge is 0.340 e. The summed E-state index contributed by atoms with van der Waals surface area (Å²) in [6, 6.07) is 13.6. The number of fused-ring (bicyclic) bond motifs is 1. The molecule has 0 saturated heterocycles. The number of carbonyl (C=O) groups excluding carboxylic acids is 1. The Morgan fingerprint density at radius 3 is 2.54 bits per heavy atom. The van der Waals surface area contributed by atoms with Crippen molar-refractivity contribution >= 4 is 34.8 Å². The molecule has 0 spiro atoms. The van der Waals surface area contributed by atoms with Crippen molar-refractivity contribution in [2.45, 2.75) is 0 Å². The average molecular weight is 321 g/mol. The number of hydrogen-bond acceptors (Lipinski definition) is 4. The molecule has 0 saturated carbocycles. The van der Waals surface area contributed by atoms with Crippen LogP contribution in [0.3, 0.4) is 0 Å². The van der Waals surface area contributed by atoms with Crippen molar-refractivity contribution in [3.05, 3.63) is 59.4 Å². The van der Waals surface area contributed by atoms with E-state index in [1.54, 1.807) is 12.1 Å². The molecule has 1 heterocycles. The number of anilines is 1. The third-order valence-corrected chi connectivity index (χ3v) is 3.78. The molecule has 0 aliphatic heterocycles. The number of aromatic nitrogens is 2. The molecule has 0 bridgehead atoms. The van der Waals surface area contributed by atoms with Gasteiger partial charge in [0.1, 0.15) is 11.3 Å². The highest BCUT2D eigenvalue weighted by Crippen LogP contribution is 2.19. The second-order valence-electron chi connectivity index (χ2n) is 5.63. The van der Waals surface area contributed by atoms with E-state index in [0.29, 0.717) is 16.9 Å². The summed E-state index contributed by atoms with van der Waals surface area (Å²) in [5.41, 5.74) is 4.11. The zero-order chi connectivity index (χ0) is 17.1. The van der Waals surface area contributed by atoms with Gasteiger partial charge in [0.25, 0.3) is 0 Å². The van der Waals surface area contributed by atoms with Crippen LogP contribution in [0.1, 0.15) is 21.7 Å². The fourth-order valence-corrected chi connectivity index (χ4v) is 2.46. The largest absolute Gasteiger partial charge is 0.465 e. The molecule has 24 heavy (non-hydrogen) atoms. The summed E-state index contributed by atoms with van der Waals surface area (Å²) in [7, 11) is 5.39. The highest BCUT2D eigenvalue weighted by atomic mass is 16.5. The number of nitrogens with zero attached hydrogens (tertiary/aromatic N) is 2. The average Bonchev–Trinajstić information content (AvgIpc) is 3.02. The molecular weight excluding hydrogens is 302 g/mol. The number of ether oxygens (including phenoxy) is 1. The number of esters is 1. The van der Waals surface area contributed by atoms with Crippen LogP contribution in [0.4, 0.5) is 5.69 Å². The topological polar surface area (TPSA) is 58.2 Å². The van der Waals surface area contributed by atoms with Crippen LogP contribution in [0.2, 0.25) is 0 Å². The molecule has 3 rings (SSSR count). The molecule has 5 heteroatoms. The number of aromatic amines is 1. The van der Waals surface area contributed by atoms with E-state index in [0.717, 1.165) is 16.8 Å². The second kappa shape index (κ2) is 6.58. The van der Waals surface area contributed by atoms with Crippen LogP contribution in [-0.4, -0.2) is 37.1 Å². The minimum absolute atomic E-state index is 0.387. The molecule has 0 fully saturated rings. The van der Waals surface area contributed by atoms with E-state index < -0.39 is 0 Å². The van der Waals surface area contributed by atoms with Gasteiger partial charge in [-0.15, -0.1) is 0 Å². The van der Waals surface area contributed by atoms with Crippen molar-refractivity contribution in [1.82, 2.24) is 9.97 Å². The van der Waals surface area contributed by atoms with Gasteiger partial charge in [0.2, 0.25) is 0 Å². The first-order valence-corrected chi connectivity index (χ1v) is 7.61. The maximum absolute atomic E-state index is 11.8. The van der Waals surface area contributed by atoms with Crippen molar-refractivity contribution in [2.75, 3.05) is 26.1 Å². The summed E-state index contributed by atoms with van der Waals surface area (Å²) in [5.74, 6) is 0.306. The number of imidazole rings is 1. The molecule has 3 aromatic rings. The van der Waals surface area contributed by atoms with Crippen LogP contribution in [0, 0.1) is 0 Å². The van der Waals surface area contributed by atoms with E-state index in [9.17, 15) is 4.79 Å². The lowest BCUT2D eigenvalue weighted by Crippen LogP contribution is -2.07. The lowest BCUT2D eigenvalue weighted by Gasteiger charge is -2.11. The van der Waals surface area contributed by atoms with Gasteiger partial charge < -0.3 is 14.6 Å². The summed E-state index contributed by atoms with van der Waals surface area (Å²) < 4.78 is 4.80. The number of rotatable bonds is 4. The van der Waals surface area contributed by atoms with Crippen molar-refractivity contribution in [3.8, 4) is 0 Å². The number of benzene rings is 2. The Morgan fingerprint density at radius 1 is 1.12 bits per heavy atom. The second-order valence-corrected chi connectivity index (χ2v) is 5.63. The molecular formula is C19H19N3O2. The molecule has 0 unspecified atom stereocenters. The Kier molecular flexibility index (Phi) is 4.33. The van der Waals surface area contributed by atoms with Crippen molar-refractivity contribution in [1.29, 1.82) is 0 Å².